The minimum absolute atomic E-state index is 0.0325. The van der Waals surface area contributed by atoms with Crippen molar-refractivity contribution in [3.63, 3.8) is 0 Å². The molecule has 6 heteroatoms. The average Bonchev–Trinajstić information content (AvgIpc) is 2.72. The summed E-state index contributed by atoms with van der Waals surface area (Å²) in [6.45, 7) is 9.54. The highest BCUT2D eigenvalue weighted by Crippen LogP contribution is 2.22. The predicted molar refractivity (Wildman–Crippen MR) is 78.8 cm³/mol. The van der Waals surface area contributed by atoms with Crippen molar-refractivity contribution >= 4 is 22.4 Å². The molecule has 1 saturated heterocycles. The third-order valence-corrected chi connectivity index (χ3v) is 4.39. The van der Waals surface area contributed by atoms with Gasteiger partial charge in [-0.15, -0.1) is 11.3 Å². The van der Waals surface area contributed by atoms with Crippen molar-refractivity contribution in [1.29, 1.82) is 0 Å². The van der Waals surface area contributed by atoms with Crippen LogP contribution in [0.1, 0.15) is 24.4 Å². The number of hydrogen-bond acceptors (Lipinski definition) is 5. The minimum atomic E-state index is 0.0325. The molecule has 0 aromatic carbocycles. The van der Waals surface area contributed by atoms with E-state index in [9.17, 15) is 4.79 Å². The molecule has 1 aromatic rings. The second kappa shape index (κ2) is 6.45. The lowest BCUT2D eigenvalue weighted by molar-refractivity contribution is -0.118. The van der Waals surface area contributed by atoms with E-state index in [-0.39, 0.29) is 5.91 Å². The summed E-state index contributed by atoms with van der Waals surface area (Å²) in [6, 6.07) is 0.406. The van der Waals surface area contributed by atoms with Crippen molar-refractivity contribution in [3.05, 3.63) is 10.6 Å². The highest BCUT2D eigenvalue weighted by Gasteiger charge is 2.20. The van der Waals surface area contributed by atoms with Crippen LogP contribution in [0.15, 0.2) is 0 Å². The second-order valence-corrected chi connectivity index (χ2v) is 6.15. The predicted octanol–water partition coefficient (Wildman–Crippen LogP) is 1.25. The number of anilines is 1. The van der Waals surface area contributed by atoms with E-state index in [0.717, 1.165) is 36.9 Å². The number of thiazole rings is 1. The molecule has 2 heterocycles. The Balaban J connectivity index is 1.89. The number of carbonyl (C=O) groups is 1. The van der Waals surface area contributed by atoms with E-state index >= 15 is 0 Å². The molecule has 106 valence electrons. The van der Waals surface area contributed by atoms with Crippen LogP contribution >= 0.6 is 11.3 Å². The molecule has 0 unspecified atom stereocenters. The summed E-state index contributed by atoms with van der Waals surface area (Å²) < 4.78 is 0. The monoisotopic (exact) mass is 282 g/mol. The average molecular weight is 282 g/mol. The quantitative estimate of drug-likeness (QED) is 0.872. The molecular formula is C13H22N4OS. The fourth-order valence-electron chi connectivity index (χ4n) is 2.27. The zero-order valence-electron chi connectivity index (χ0n) is 11.8. The molecule has 2 N–H and O–H groups in total. The van der Waals surface area contributed by atoms with Crippen LogP contribution < -0.4 is 10.6 Å². The maximum Gasteiger partial charge on any atom is 0.240 e. The lowest BCUT2D eigenvalue weighted by Gasteiger charge is -2.33. The molecule has 5 nitrogen and oxygen atoms in total. The first-order valence-electron chi connectivity index (χ1n) is 6.81. The largest absolute Gasteiger partial charge is 0.314 e. The van der Waals surface area contributed by atoms with Crippen LogP contribution in [0.3, 0.4) is 0 Å². The molecule has 0 bridgehead atoms. The molecule has 1 amide bonds. The van der Waals surface area contributed by atoms with Gasteiger partial charge in [0.1, 0.15) is 0 Å². The molecule has 1 fully saturated rings. The van der Waals surface area contributed by atoms with E-state index in [1.165, 1.54) is 4.88 Å². The number of carbonyl (C=O) groups excluding carboxylic acids is 1. The second-order valence-electron chi connectivity index (χ2n) is 4.95. The fraction of sp³-hybridized carbons (Fsp3) is 0.692. The molecule has 1 atom stereocenters. The summed E-state index contributed by atoms with van der Waals surface area (Å²) in [6.07, 6.45) is 0.910. The van der Waals surface area contributed by atoms with Crippen molar-refractivity contribution in [2.45, 2.75) is 33.2 Å². The molecule has 19 heavy (non-hydrogen) atoms. The topological polar surface area (TPSA) is 57.3 Å². The van der Waals surface area contributed by atoms with Crippen molar-refractivity contribution < 1.29 is 4.79 Å². The van der Waals surface area contributed by atoms with Crippen LogP contribution in [0.25, 0.3) is 0 Å². The number of nitrogens with one attached hydrogen (secondary N) is 2. The molecule has 0 saturated carbocycles. The molecule has 0 radical (unpaired) electrons. The van der Waals surface area contributed by atoms with Crippen molar-refractivity contribution in [2.24, 2.45) is 0 Å². The van der Waals surface area contributed by atoms with E-state index in [1.807, 2.05) is 6.92 Å². The van der Waals surface area contributed by atoms with Gasteiger partial charge in [0.15, 0.2) is 5.13 Å². The third-order valence-electron chi connectivity index (χ3n) is 3.46. The summed E-state index contributed by atoms with van der Waals surface area (Å²) in [5.41, 5.74) is 1.08. The third kappa shape index (κ3) is 3.75. The van der Waals surface area contributed by atoms with Gasteiger partial charge in [0.05, 0.1) is 12.2 Å². The van der Waals surface area contributed by atoms with Crippen molar-refractivity contribution in [2.75, 3.05) is 31.5 Å². The molecule has 0 spiro atoms. The summed E-state index contributed by atoms with van der Waals surface area (Å²) in [4.78, 5) is 19.9. The van der Waals surface area contributed by atoms with Gasteiger partial charge in [-0.3, -0.25) is 9.69 Å². The number of nitrogens with zero attached hydrogens (tertiary/aromatic N) is 2. The zero-order valence-corrected chi connectivity index (χ0v) is 12.6. The van der Waals surface area contributed by atoms with E-state index in [2.05, 4.69) is 34.4 Å². The number of aromatic nitrogens is 1. The first-order chi connectivity index (χ1) is 9.10. The Morgan fingerprint density at radius 3 is 3.05 bits per heavy atom. The SMILES string of the molecule is CCc1nc(NC(=O)CN2CCNC[C@@H]2C)sc1C. The summed E-state index contributed by atoms with van der Waals surface area (Å²) in [5.74, 6) is 0.0325. The zero-order chi connectivity index (χ0) is 13.8. The normalized spacial score (nSPS) is 20.5. The fourth-order valence-corrected chi connectivity index (χ4v) is 3.19. The van der Waals surface area contributed by atoms with Gasteiger partial charge in [-0.05, 0) is 20.3 Å². The summed E-state index contributed by atoms with van der Waals surface area (Å²) in [7, 11) is 0. The van der Waals surface area contributed by atoms with E-state index in [4.69, 9.17) is 0 Å². The van der Waals surface area contributed by atoms with Crippen molar-refractivity contribution in [1.82, 2.24) is 15.2 Å². The Morgan fingerprint density at radius 2 is 2.42 bits per heavy atom. The maximum atomic E-state index is 12.0. The highest BCUT2D eigenvalue weighted by molar-refractivity contribution is 7.15. The Morgan fingerprint density at radius 1 is 1.63 bits per heavy atom. The molecule has 0 aliphatic carbocycles. The molecule has 1 aromatic heterocycles. The Hall–Kier alpha value is -0.980. The van der Waals surface area contributed by atoms with Gasteiger partial charge in [-0.2, -0.15) is 0 Å². The van der Waals surface area contributed by atoms with Gasteiger partial charge < -0.3 is 10.6 Å². The van der Waals surface area contributed by atoms with Gasteiger partial charge in [0.2, 0.25) is 5.91 Å². The van der Waals surface area contributed by atoms with E-state index in [1.54, 1.807) is 11.3 Å². The lowest BCUT2D eigenvalue weighted by atomic mass is 10.2. The molecule has 1 aliphatic rings. The Kier molecular flexibility index (Phi) is 4.90. The van der Waals surface area contributed by atoms with E-state index in [0.29, 0.717) is 12.6 Å². The van der Waals surface area contributed by atoms with Gasteiger partial charge in [0, 0.05) is 30.6 Å². The number of hydrogen-bond donors (Lipinski definition) is 2. The van der Waals surface area contributed by atoms with Crippen molar-refractivity contribution in [3.8, 4) is 0 Å². The Labute approximate surface area is 118 Å². The molecule has 1 aliphatic heterocycles. The standard InChI is InChI=1S/C13H22N4OS/c1-4-11-10(3)19-13(15-11)16-12(18)8-17-6-5-14-7-9(17)2/h9,14H,4-8H2,1-3H3,(H,15,16,18)/t9-/m0/s1. The maximum absolute atomic E-state index is 12.0. The van der Waals surface area contributed by atoms with Gasteiger partial charge in [-0.25, -0.2) is 4.98 Å². The summed E-state index contributed by atoms with van der Waals surface area (Å²) in [5, 5.41) is 6.96. The van der Waals surface area contributed by atoms with E-state index < -0.39 is 0 Å². The van der Waals surface area contributed by atoms with Crippen LogP contribution in [-0.4, -0.2) is 48.0 Å². The highest BCUT2D eigenvalue weighted by atomic mass is 32.1. The van der Waals surface area contributed by atoms with Gasteiger partial charge in [-0.1, -0.05) is 6.92 Å². The van der Waals surface area contributed by atoms with Crippen LogP contribution in [-0.2, 0) is 11.2 Å². The number of piperazine rings is 1. The lowest BCUT2D eigenvalue weighted by Crippen LogP contribution is -2.51. The van der Waals surface area contributed by atoms with Gasteiger partial charge >= 0.3 is 0 Å². The number of rotatable bonds is 4. The first kappa shape index (κ1) is 14.4. The Bertz CT molecular complexity index is 446. The number of amides is 1. The minimum Gasteiger partial charge on any atom is -0.314 e. The smallest absolute Gasteiger partial charge is 0.240 e. The van der Waals surface area contributed by atoms with Crippen LogP contribution in [0.4, 0.5) is 5.13 Å². The summed E-state index contributed by atoms with van der Waals surface area (Å²) >= 11 is 1.56. The number of aryl methyl sites for hydroxylation is 2. The first-order valence-corrected chi connectivity index (χ1v) is 7.62. The van der Waals surface area contributed by atoms with Crippen LogP contribution in [0.2, 0.25) is 0 Å². The van der Waals surface area contributed by atoms with Gasteiger partial charge in [0.25, 0.3) is 0 Å². The molecule has 2 rings (SSSR count). The van der Waals surface area contributed by atoms with Crippen LogP contribution in [0, 0.1) is 6.92 Å². The molecular weight excluding hydrogens is 260 g/mol. The van der Waals surface area contributed by atoms with Crippen LogP contribution in [0.5, 0.6) is 0 Å².